The van der Waals surface area contributed by atoms with E-state index in [0.29, 0.717) is 23.7 Å². The number of methoxy groups -OCH3 is 1. The average molecular weight is 384 g/mol. The van der Waals surface area contributed by atoms with Crippen molar-refractivity contribution in [3.8, 4) is 11.3 Å². The maximum absolute atomic E-state index is 12.6. The molecule has 2 aromatic rings. The van der Waals surface area contributed by atoms with Crippen LogP contribution in [0.4, 0.5) is 0 Å². The third kappa shape index (κ3) is 5.27. The Morgan fingerprint density at radius 3 is 2.96 bits per heavy atom. The van der Waals surface area contributed by atoms with E-state index >= 15 is 0 Å². The molecule has 1 atom stereocenters. The summed E-state index contributed by atoms with van der Waals surface area (Å²) in [5.74, 6) is 0.407. The van der Waals surface area contributed by atoms with Crippen molar-refractivity contribution in [3.05, 3.63) is 52.3 Å². The molecule has 7 heteroatoms. The van der Waals surface area contributed by atoms with E-state index in [1.807, 2.05) is 18.2 Å². The summed E-state index contributed by atoms with van der Waals surface area (Å²) in [7, 11) is 3.34. The lowest BCUT2D eigenvalue weighted by atomic mass is 10.1. The van der Waals surface area contributed by atoms with Gasteiger partial charge < -0.3 is 15.0 Å². The number of aromatic nitrogens is 2. The zero-order chi connectivity index (χ0) is 19.9. The van der Waals surface area contributed by atoms with Crippen molar-refractivity contribution >= 4 is 5.91 Å². The highest BCUT2D eigenvalue weighted by Crippen LogP contribution is 2.18. The van der Waals surface area contributed by atoms with Crippen LogP contribution in [-0.4, -0.2) is 60.5 Å². The Hall–Kier alpha value is -2.51. The van der Waals surface area contributed by atoms with Crippen molar-refractivity contribution in [3.63, 3.8) is 0 Å². The van der Waals surface area contributed by atoms with Crippen LogP contribution in [0, 0.1) is 5.92 Å². The van der Waals surface area contributed by atoms with Crippen molar-refractivity contribution < 1.29 is 9.53 Å². The minimum Gasteiger partial charge on any atom is -0.385 e. The first-order chi connectivity index (χ1) is 13.6. The number of nitrogens with one attached hydrogen (secondary N) is 1. The molecule has 1 saturated heterocycles. The molecule has 1 aromatic carbocycles. The van der Waals surface area contributed by atoms with E-state index in [1.54, 1.807) is 26.3 Å². The van der Waals surface area contributed by atoms with Crippen LogP contribution in [0.1, 0.15) is 23.2 Å². The summed E-state index contributed by atoms with van der Waals surface area (Å²) in [4.78, 5) is 26.5. The van der Waals surface area contributed by atoms with Crippen LogP contribution in [0.2, 0.25) is 0 Å². The van der Waals surface area contributed by atoms with Gasteiger partial charge >= 0.3 is 0 Å². The first kappa shape index (κ1) is 20.2. The number of nitrogens with zero attached hydrogens (tertiary/aromatic N) is 3. The lowest BCUT2D eigenvalue weighted by Crippen LogP contribution is -2.31. The van der Waals surface area contributed by atoms with Crippen molar-refractivity contribution in [1.29, 1.82) is 0 Å². The molecule has 2 heterocycles. The maximum Gasteiger partial charge on any atom is 0.266 e. The maximum atomic E-state index is 12.6. The molecule has 1 N–H and O–H groups in total. The molecule has 1 amide bonds. The SMILES string of the molecule is COCCCN1CCC(CNC(=O)c2cccc(-c3ccc(=O)n(C)n3)c2)C1. The van der Waals surface area contributed by atoms with Crippen LogP contribution in [0.3, 0.4) is 0 Å². The van der Waals surface area contributed by atoms with Crippen LogP contribution < -0.4 is 10.9 Å². The summed E-state index contributed by atoms with van der Waals surface area (Å²) in [5, 5.41) is 7.31. The lowest BCUT2D eigenvalue weighted by Gasteiger charge is -2.16. The number of rotatable bonds is 8. The lowest BCUT2D eigenvalue weighted by molar-refractivity contribution is 0.0947. The molecule has 0 saturated carbocycles. The van der Waals surface area contributed by atoms with Crippen molar-refractivity contribution in [2.45, 2.75) is 12.8 Å². The molecule has 0 aliphatic carbocycles. The number of hydrogen-bond donors (Lipinski definition) is 1. The Balaban J connectivity index is 1.55. The van der Waals surface area contributed by atoms with Crippen molar-refractivity contribution in [2.24, 2.45) is 13.0 Å². The first-order valence-corrected chi connectivity index (χ1v) is 9.71. The molecule has 1 aromatic heterocycles. The molecule has 0 spiro atoms. The van der Waals surface area contributed by atoms with Gasteiger partial charge in [-0.15, -0.1) is 0 Å². The molecule has 1 aliphatic heterocycles. The molecule has 1 unspecified atom stereocenters. The van der Waals surface area contributed by atoms with Crippen LogP contribution in [0.25, 0.3) is 11.3 Å². The molecule has 150 valence electrons. The predicted molar refractivity (Wildman–Crippen MR) is 108 cm³/mol. The Morgan fingerprint density at radius 1 is 1.32 bits per heavy atom. The van der Waals surface area contributed by atoms with E-state index in [4.69, 9.17) is 4.74 Å². The van der Waals surface area contributed by atoms with Gasteiger partial charge in [0, 0.05) is 57.6 Å². The van der Waals surface area contributed by atoms with Gasteiger partial charge in [-0.2, -0.15) is 5.10 Å². The minimum atomic E-state index is -0.162. The second kappa shape index (κ2) is 9.61. The summed E-state index contributed by atoms with van der Waals surface area (Å²) in [6.07, 6.45) is 2.15. The van der Waals surface area contributed by atoms with E-state index in [9.17, 15) is 9.59 Å². The number of hydrogen-bond acceptors (Lipinski definition) is 5. The van der Waals surface area contributed by atoms with Gasteiger partial charge in [0.05, 0.1) is 5.69 Å². The van der Waals surface area contributed by atoms with Gasteiger partial charge in [0.1, 0.15) is 0 Å². The normalized spacial score (nSPS) is 17.0. The average Bonchev–Trinajstić information content (AvgIpc) is 3.16. The Kier molecular flexibility index (Phi) is 6.95. The van der Waals surface area contributed by atoms with Crippen LogP contribution in [-0.2, 0) is 11.8 Å². The monoisotopic (exact) mass is 384 g/mol. The molecule has 0 radical (unpaired) electrons. The van der Waals surface area contributed by atoms with Crippen LogP contribution >= 0.6 is 0 Å². The number of ether oxygens (including phenoxy) is 1. The molecule has 1 fully saturated rings. The van der Waals surface area contributed by atoms with E-state index in [-0.39, 0.29) is 11.5 Å². The van der Waals surface area contributed by atoms with Gasteiger partial charge in [-0.05, 0) is 43.5 Å². The van der Waals surface area contributed by atoms with Gasteiger partial charge in [0.15, 0.2) is 0 Å². The fraction of sp³-hybridized carbons (Fsp3) is 0.476. The number of aryl methyl sites for hydroxylation is 1. The highest BCUT2D eigenvalue weighted by atomic mass is 16.5. The Bertz CT molecular complexity index is 865. The van der Waals surface area contributed by atoms with Crippen molar-refractivity contribution in [2.75, 3.05) is 39.9 Å². The number of benzene rings is 1. The molecule has 1 aliphatic rings. The third-order valence-electron chi connectivity index (χ3n) is 5.13. The number of likely N-dealkylation sites (tertiary alicyclic amines) is 1. The molecular formula is C21H28N4O3. The largest absolute Gasteiger partial charge is 0.385 e. The second-order valence-electron chi connectivity index (χ2n) is 7.27. The van der Waals surface area contributed by atoms with E-state index in [1.165, 1.54) is 10.7 Å². The summed E-state index contributed by atoms with van der Waals surface area (Å²) >= 11 is 0. The quantitative estimate of drug-likeness (QED) is 0.699. The Morgan fingerprint density at radius 2 is 2.18 bits per heavy atom. The topological polar surface area (TPSA) is 76.5 Å². The Labute approximate surface area is 165 Å². The van der Waals surface area contributed by atoms with Gasteiger partial charge in [-0.1, -0.05) is 12.1 Å². The first-order valence-electron chi connectivity index (χ1n) is 9.71. The van der Waals surface area contributed by atoms with E-state index in [0.717, 1.165) is 44.6 Å². The van der Waals surface area contributed by atoms with Gasteiger partial charge in [0.2, 0.25) is 0 Å². The second-order valence-corrected chi connectivity index (χ2v) is 7.27. The minimum absolute atomic E-state index is 0.0792. The van der Waals surface area contributed by atoms with Crippen LogP contribution in [0.5, 0.6) is 0 Å². The van der Waals surface area contributed by atoms with E-state index < -0.39 is 0 Å². The van der Waals surface area contributed by atoms with Gasteiger partial charge in [0.25, 0.3) is 11.5 Å². The molecular weight excluding hydrogens is 356 g/mol. The highest BCUT2D eigenvalue weighted by Gasteiger charge is 2.22. The third-order valence-corrected chi connectivity index (χ3v) is 5.13. The number of amides is 1. The zero-order valence-electron chi connectivity index (χ0n) is 16.6. The van der Waals surface area contributed by atoms with Crippen molar-refractivity contribution in [1.82, 2.24) is 20.0 Å². The van der Waals surface area contributed by atoms with E-state index in [2.05, 4.69) is 15.3 Å². The smallest absolute Gasteiger partial charge is 0.266 e. The molecule has 0 bridgehead atoms. The molecule has 7 nitrogen and oxygen atoms in total. The summed E-state index contributed by atoms with van der Waals surface area (Å²) in [6.45, 7) is 4.62. The summed E-state index contributed by atoms with van der Waals surface area (Å²) in [6, 6.07) is 10.5. The van der Waals surface area contributed by atoms with Gasteiger partial charge in [-0.3, -0.25) is 9.59 Å². The summed E-state index contributed by atoms with van der Waals surface area (Å²) < 4.78 is 6.40. The van der Waals surface area contributed by atoms with Crippen LogP contribution in [0.15, 0.2) is 41.2 Å². The molecule has 3 rings (SSSR count). The number of carbonyl (C=O) groups excluding carboxylic acids is 1. The molecule has 28 heavy (non-hydrogen) atoms. The fourth-order valence-electron chi connectivity index (χ4n) is 3.53. The predicted octanol–water partition coefficient (Wildman–Crippen LogP) is 1.54. The summed E-state index contributed by atoms with van der Waals surface area (Å²) in [5.41, 5.74) is 1.92. The number of carbonyl (C=O) groups is 1. The standard InChI is InChI=1S/C21H28N4O3/c1-24-20(26)8-7-19(23-24)17-5-3-6-18(13-17)21(27)22-14-16-9-11-25(15-16)10-4-12-28-2/h3,5-8,13,16H,4,9-12,14-15H2,1-2H3,(H,22,27). The van der Waals surface area contributed by atoms with Gasteiger partial charge in [-0.25, -0.2) is 4.68 Å². The fourth-order valence-corrected chi connectivity index (χ4v) is 3.53. The highest BCUT2D eigenvalue weighted by molar-refractivity contribution is 5.95. The zero-order valence-corrected chi connectivity index (χ0v) is 16.6.